The van der Waals surface area contributed by atoms with Crippen LogP contribution in [0.3, 0.4) is 0 Å². The lowest BCUT2D eigenvalue weighted by molar-refractivity contribution is -0.123. The molecule has 0 fully saturated rings. The standard InChI is InChI=1S/C18H18FNO3/c1-3-13-4-6-14(7-5-13)18(22)23-12(2)17(21)20-16-10-8-15(19)9-11-16/h4-12H,3H2,1-2H3,(H,20,21)/t12-/m0/s1. The Bertz CT molecular complexity index is 680. The van der Waals surface area contributed by atoms with Gasteiger partial charge in [0, 0.05) is 5.69 Å². The molecule has 0 aliphatic rings. The molecule has 0 heterocycles. The zero-order valence-electron chi connectivity index (χ0n) is 13.0. The van der Waals surface area contributed by atoms with Crippen molar-refractivity contribution in [2.45, 2.75) is 26.4 Å². The first kappa shape index (κ1) is 16.7. The Morgan fingerprint density at radius 1 is 1.09 bits per heavy atom. The van der Waals surface area contributed by atoms with Crippen LogP contribution in [0.1, 0.15) is 29.8 Å². The Hall–Kier alpha value is -2.69. The molecule has 0 aromatic heterocycles. The van der Waals surface area contributed by atoms with E-state index in [4.69, 9.17) is 4.74 Å². The second-order valence-electron chi connectivity index (χ2n) is 5.09. The molecular weight excluding hydrogens is 297 g/mol. The van der Waals surface area contributed by atoms with Gasteiger partial charge in [0.2, 0.25) is 0 Å². The third-order valence-corrected chi connectivity index (χ3v) is 3.36. The highest BCUT2D eigenvalue weighted by Gasteiger charge is 2.19. The van der Waals surface area contributed by atoms with Crippen LogP contribution in [0.15, 0.2) is 48.5 Å². The minimum absolute atomic E-state index is 0.391. The number of hydrogen-bond acceptors (Lipinski definition) is 3. The third kappa shape index (κ3) is 4.64. The summed E-state index contributed by atoms with van der Waals surface area (Å²) in [6, 6.07) is 12.4. The molecule has 5 heteroatoms. The summed E-state index contributed by atoms with van der Waals surface area (Å²) in [7, 11) is 0. The predicted molar refractivity (Wildman–Crippen MR) is 85.7 cm³/mol. The van der Waals surface area contributed by atoms with Gasteiger partial charge >= 0.3 is 5.97 Å². The van der Waals surface area contributed by atoms with Crippen LogP contribution in [0.4, 0.5) is 10.1 Å². The number of halogens is 1. The number of carbonyl (C=O) groups excluding carboxylic acids is 2. The van der Waals surface area contributed by atoms with E-state index in [-0.39, 0.29) is 0 Å². The quantitative estimate of drug-likeness (QED) is 0.858. The van der Waals surface area contributed by atoms with Gasteiger partial charge in [-0.05, 0) is 55.3 Å². The smallest absolute Gasteiger partial charge is 0.338 e. The first-order chi connectivity index (χ1) is 11.0. The van der Waals surface area contributed by atoms with E-state index < -0.39 is 23.8 Å². The molecule has 0 unspecified atom stereocenters. The number of nitrogens with one attached hydrogen (secondary N) is 1. The molecule has 0 aliphatic heterocycles. The van der Waals surface area contributed by atoms with Crippen molar-refractivity contribution in [1.29, 1.82) is 0 Å². The molecule has 0 saturated carbocycles. The molecule has 0 aliphatic carbocycles. The van der Waals surface area contributed by atoms with E-state index in [9.17, 15) is 14.0 Å². The average Bonchev–Trinajstić information content (AvgIpc) is 2.56. The van der Waals surface area contributed by atoms with Crippen LogP contribution in [0.25, 0.3) is 0 Å². The zero-order valence-corrected chi connectivity index (χ0v) is 13.0. The molecule has 0 saturated heterocycles. The van der Waals surface area contributed by atoms with E-state index in [1.165, 1.54) is 31.2 Å². The van der Waals surface area contributed by atoms with Crippen molar-refractivity contribution in [1.82, 2.24) is 0 Å². The number of amides is 1. The molecule has 120 valence electrons. The second-order valence-corrected chi connectivity index (χ2v) is 5.09. The monoisotopic (exact) mass is 315 g/mol. The summed E-state index contributed by atoms with van der Waals surface area (Å²) in [5.41, 5.74) is 1.94. The lowest BCUT2D eigenvalue weighted by Gasteiger charge is -2.13. The van der Waals surface area contributed by atoms with Crippen molar-refractivity contribution in [3.05, 3.63) is 65.5 Å². The second kappa shape index (κ2) is 7.54. The van der Waals surface area contributed by atoms with Gasteiger partial charge in [-0.3, -0.25) is 4.79 Å². The van der Waals surface area contributed by atoms with Crippen molar-refractivity contribution in [2.24, 2.45) is 0 Å². The van der Waals surface area contributed by atoms with Crippen LogP contribution < -0.4 is 5.32 Å². The van der Waals surface area contributed by atoms with Crippen molar-refractivity contribution >= 4 is 17.6 Å². The van der Waals surface area contributed by atoms with Gasteiger partial charge < -0.3 is 10.1 Å². The Morgan fingerprint density at radius 2 is 1.70 bits per heavy atom. The van der Waals surface area contributed by atoms with Gasteiger partial charge in [-0.15, -0.1) is 0 Å². The molecule has 0 spiro atoms. The number of carbonyl (C=O) groups is 2. The van der Waals surface area contributed by atoms with Crippen LogP contribution in [0, 0.1) is 5.82 Å². The normalized spacial score (nSPS) is 11.6. The molecule has 0 bridgehead atoms. The topological polar surface area (TPSA) is 55.4 Å². The van der Waals surface area contributed by atoms with Crippen LogP contribution >= 0.6 is 0 Å². The molecule has 23 heavy (non-hydrogen) atoms. The first-order valence-electron chi connectivity index (χ1n) is 7.36. The van der Waals surface area contributed by atoms with E-state index >= 15 is 0 Å². The molecule has 1 amide bonds. The number of esters is 1. The number of rotatable bonds is 5. The van der Waals surface area contributed by atoms with E-state index in [1.54, 1.807) is 12.1 Å². The lowest BCUT2D eigenvalue weighted by Crippen LogP contribution is -2.30. The van der Waals surface area contributed by atoms with Crippen LogP contribution in [-0.2, 0) is 16.0 Å². The fourth-order valence-electron chi connectivity index (χ4n) is 1.94. The van der Waals surface area contributed by atoms with Crippen molar-refractivity contribution in [3.63, 3.8) is 0 Å². The lowest BCUT2D eigenvalue weighted by atomic mass is 10.1. The molecule has 2 rings (SSSR count). The van der Waals surface area contributed by atoms with Crippen molar-refractivity contribution in [3.8, 4) is 0 Å². The van der Waals surface area contributed by atoms with Crippen molar-refractivity contribution < 1.29 is 18.7 Å². The predicted octanol–water partition coefficient (Wildman–Crippen LogP) is 3.57. The highest BCUT2D eigenvalue weighted by atomic mass is 19.1. The maximum absolute atomic E-state index is 12.8. The number of anilines is 1. The van der Waals surface area contributed by atoms with Crippen LogP contribution in [0.5, 0.6) is 0 Å². The van der Waals surface area contributed by atoms with E-state index in [1.807, 2.05) is 19.1 Å². The summed E-state index contributed by atoms with van der Waals surface area (Å²) < 4.78 is 18.0. The summed E-state index contributed by atoms with van der Waals surface area (Å²) >= 11 is 0. The molecule has 1 atom stereocenters. The van der Waals surface area contributed by atoms with Gasteiger partial charge in [-0.25, -0.2) is 9.18 Å². The highest BCUT2D eigenvalue weighted by Crippen LogP contribution is 2.11. The third-order valence-electron chi connectivity index (χ3n) is 3.36. The molecular formula is C18H18FNO3. The fourth-order valence-corrected chi connectivity index (χ4v) is 1.94. The minimum Gasteiger partial charge on any atom is -0.449 e. The number of benzene rings is 2. The van der Waals surface area contributed by atoms with Gasteiger partial charge in [0.15, 0.2) is 6.10 Å². The van der Waals surface area contributed by atoms with Crippen molar-refractivity contribution in [2.75, 3.05) is 5.32 Å². The van der Waals surface area contributed by atoms with Crippen LogP contribution in [0.2, 0.25) is 0 Å². The Morgan fingerprint density at radius 3 is 2.26 bits per heavy atom. The number of aryl methyl sites for hydroxylation is 1. The average molecular weight is 315 g/mol. The molecule has 2 aromatic carbocycles. The van der Waals surface area contributed by atoms with E-state index in [0.29, 0.717) is 11.3 Å². The summed E-state index contributed by atoms with van der Waals surface area (Å²) in [5, 5.41) is 2.56. The molecule has 2 aromatic rings. The van der Waals surface area contributed by atoms with Gasteiger partial charge in [-0.1, -0.05) is 19.1 Å². The summed E-state index contributed by atoms with van der Waals surface area (Å²) in [6.45, 7) is 3.51. The SMILES string of the molecule is CCc1ccc(C(=O)O[C@@H](C)C(=O)Nc2ccc(F)cc2)cc1. The number of ether oxygens (including phenoxy) is 1. The largest absolute Gasteiger partial charge is 0.449 e. The Labute approximate surface area is 134 Å². The van der Waals surface area contributed by atoms with Gasteiger partial charge in [0.1, 0.15) is 5.82 Å². The molecule has 4 nitrogen and oxygen atoms in total. The summed E-state index contributed by atoms with van der Waals surface area (Å²) in [4.78, 5) is 24.0. The zero-order chi connectivity index (χ0) is 16.8. The first-order valence-corrected chi connectivity index (χ1v) is 7.36. The van der Waals surface area contributed by atoms with E-state index in [0.717, 1.165) is 12.0 Å². The minimum atomic E-state index is -0.960. The summed E-state index contributed by atoms with van der Waals surface area (Å²) in [5.74, 6) is -1.43. The van der Waals surface area contributed by atoms with Crippen LogP contribution in [-0.4, -0.2) is 18.0 Å². The molecule has 0 radical (unpaired) electrons. The van der Waals surface area contributed by atoms with Gasteiger partial charge in [-0.2, -0.15) is 0 Å². The summed E-state index contributed by atoms with van der Waals surface area (Å²) in [6.07, 6.45) is -0.0791. The Kier molecular flexibility index (Phi) is 5.46. The van der Waals surface area contributed by atoms with Gasteiger partial charge in [0.05, 0.1) is 5.56 Å². The Balaban J connectivity index is 1.94. The number of hydrogen-bond donors (Lipinski definition) is 1. The van der Waals surface area contributed by atoms with Gasteiger partial charge in [0.25, 0.3) is 5.91 Å². The highest BCUT2D eigenvalue weighted by molar-refractivity contribution is 5.97. The maximum Gasteiger partial charge on any atom is 0.338 e. The fraction of sp³-hybridized carbons (Fsp3) is 0.222. The maximum atomic E-state index is 12.8. The van der Waals surface area contributed by atoms with E-state index in [2.05, 4.69) is 5.32 Å². The molecule has 1 N–H and O–H groups in total.